The minimum absolute atomic E-state index is 0. The summed E-state index contributed by atoms with van der Waals surface area (Å²) in [5.74, 6) is 0.131. The number of hydrogen-bond donors (Lipinski definition) is 2. The van der Waals surface area contributed by atoms with Crippen LogP contribution < -0.4 is 10.6 Å². The van der Waals surface area contributed by atoms with Gasteiger partial charge in [0.2, 0.25) is 5.91 Å². The summed E-state index contributed by atoms with van der Waals surface area (Å²) in [6.07, 6.45) is 1.46. The largest absolute Gasteiger partial charge is 0.353 e. The van der Waals surface area contributed by atoms with Crippen LogP contribution in [0.25, 0.3) is 0 Å². The molecule has 0 saturated carbocycles. The van der Waals surface area contributed by atoms with E-state index in [0.717, 1.165) is 13.0 Å². The molecule has 0 aliphatic carbocycles. The summed E-state index contributed by atoms with van der Waals surface area (Å²) in [7, 11) is 1.90. The first kappa shape index (κ1) is 18.9. The summed E-state index contributed by atoms with van der Waals surface area (Å²) in [6, 6.07) is 10.4. The Labute approximate surface area is 128 Å². The highest BCUT2D eigenvalue weighted by Crippen LogP contribution is 2.26. The van der Waals surface area contributed by atoms with E-state index in [0.29, 0.717) is 6.42 Å². The molecular weight excluding hydrogens is 272 g/mol. The molecule has 0 aromatic heterocycles. The average Bonchev–Trinajstić information content (AvgIpc) is 2.40. The van der Waals surface area contributed by atoms with Crippen LogP contribution in [-0.2, 0) is 10.2 Å². The number of rotatable bonds is 7. The summed E-state index contributed by atoms with van der Waals surface area (Å²) in [6.45, 7) is 7.29. The van der Waals surface area contributed by atoms with Gasteiger partial charge in [0.05, 0.1) is 0 Å². The van der Waals surface area contributed by atoms with Crippen molar-refractivity contribution in [3.8, 4) is 0 Å². The Morgan fingerprint density at radius 2 is 1.85 bits per heavy atom. The molecule has 2 N–H and O–H groups in total. The molecule has 0 fully saturated rings. The van der Waals surface area contributed by atoms with Crippen LogP contribution in [0, 0.1) is 0 Å². The maximum atomic E-state index is 11.9. The van der Waals surface area contributed by atoms with Gasteiger partial charge in [0.1, 0.15) is 0 Å². The molecule has 0 heterocycles. The standard InChI is InChI=1S/C16H26N2O.ClH/c1-13(18-15(19)11-8-12-17-4)16(2,3)14-9-6-5-7-10-14;/h5-7,9-10,13,17H,8,11-12H2,1-4H3,(H,18,19);1H. The molecule has 20 heavy (non-hydrogen) atoms. The fourth-order valence-electron chi connectivity index (χ4n) is 2.04. The van der Waals surface area contributed by atoms with Gasteiger partial charge in [0.25, 0.3) is 0 Å². The Morgan fingerprint density at radius 3 is 2.40 bits per heavy atom. The molecule has 0 aliphatic rings. The summed E-state index contributed by atoms with van der Waals surface area (Å²) >= 11 is 0. The summed E-state index contributed by atoms with van der Waals surface area (Å²) in [5.41, 5.74) is 1.18. The highest BCUT2D eigenvalue weighted by molar-refractivity contribution is 5.85. The lowest BCUT2D eigenvalue weighted by Gasteiger charge is -2.33. The Kier molecular flexibility index (Phi) is 8.51. The van der Waals surface area contributed by atoms with Crippen molar-refractivity contribution < 1.29 is 4.79 Å². The molecule has 1 aromatic carbocycles. The van der Waals surface area contributed by atoms with Crippen molar-refractivity contribution in [3.05, 3.63) is 35.9 Å². The van der Waals surface area contributed by atoms with Crippen LogP contribution in [0.3, 0.4) is 0 Å². The molecule has 1 atom stereocenters. The van der Waals surface area contributed by atoms with Crippen LogP contribution in [0.1, 0.15) is 39.2 Å². The second-order valence-corrected chi connectivity index (χ2v) is 5.58. The average molecular weight is 299 g/mol. The van der Waals surface area contributed by atoms with E-state index in [2.05, 4.69) is 43.5 Å². The second kappa shape index (κ2) is 8.98. The fraction of sp³-hybridized carbons (Fsp3) is 0.562. The predicted molar refractivity (Wildman–Crippen MR) is 87.5 cm³/mol. The number of carbonyl (C=O) groups excluding carboxylic acids is 1. The molecule has 1 unspecified atom stereocenters. The van der Waals surface area contributed by atoms with Crippen LogP contribution in [0.2, 0.25) is 0 Å². The zero-order valence-electron chi connectivity index (χ0n) is 12.9. The lowest BCUT2D eigenvalue weighted by molar-refractivity contribution is -0.122. The SMILES string of the molecule is CNCCCC(=O)NC(C)C(C)(C)c1ccccc1.Cl. The van der Waals surface area contributed by atoms with E-state index in [4.69, 9.17) is 0 Å². The van der Waals surface area contributed by atoms with E-state index in [1.165, 1.54) is 5.56 Å². The van der Waals surface area contributed by atoms with Gasteiger partial charge in [-0.2, -0.15) is 0 Å². The second-order valence-electron chi connectivity index (χ2n) is 5.58. The first-order chi connectivity index (χ1) is 8.98. The number of nitrogens with one attached hydrogen (secondary N) is 2. The molecule has 1 amide bonds. The Bertz CT molecular complexity index is 393. The third-order valence-electron chi connectivity index (χ3n) is 3.81. The Hall–Kier alpha value is -1.06. The number of amides is 1. The van der Waals surface area contributed by atoms with Crippen molar-refractivity contribution in [1.29, 1.82) is 0 Å². The summed E-state index contributed by atoms with van der Waals surface area (Å²) in [4.78, 5) is 11.9. The van der Waals surface area contributed by atoms with Gasteiger partial charge in [-0.05, 0) is 32.5 Å². The fourth-order valence-corrected chi connectivity index (χ4v) is 2.04. The van der Waals surface area contributed by atoms with Crippen LogP contribution in [0.15, 0.2) is 30.3 Å². The lowest BCUT2D eigenvalue weighted by atomic mass is 9.78. The van der Waals surface area contributed by atoms with Gasteiger partial charge >= 0.3 is 0 Å². The van der Waals surface area contributed by atoms with Gasteiger partial charge in [-0.15, -0.1) is 12.4 Å². The monoisotopic (exact) mass is 298 g/mol. The van der Waals surface area contributed by atoms with Gasteiger partial charge in [-0.3, -0.25) is 4.79 Å². The minimum atomic E-state index is -0.0695. The van der Waals surface area contributed by atoms with Crippen molar-refractivity contribution in [2.24, 2.45) is 0 Å². The topological polar surface area (TPSA) is 41.1 Å². The summed E-state index contributed by atoms with van der Waals surface area (Å²) < 4.78 is 0. The van der Waals surface area contributed by atoms with E-state index >= 15 is 0 Å². The number of benzene rings is 1. The molecule has 1 rings (SSSR count). The molecule has 3 nitrogen and oxygen atoms in total. The van der Waals surface area contributed by atoms with Gasteiger partial charge in [-0.1, -0.05) is 44.2 Å². The third-order valence-corrected chi connectivity index (χ3v) is 3.81. The van der Waals surface area contributed by atoms with Crippen LogP contribution in [0.4, 0.5) is 0 Å². The van der Waals surface area contributed by atoms with Crippen molar-refractivity contribution in [2.45, 2.75) is 45.1 Å². The lowest BCUT2D eigenvalue weighted by Crippen LogP contribution is -2.45. The summed E-state index contributed by atoms with van der Waals surface area (Å²) in [5, 5.41) is 6.16. The smallest absolute Gasteiger partial charge is 0.220 e. The van der Waals surface area contributed by atoms with Crippen molar-refractivity contribution >= 4 is 18.3 Å². The molecule has 0 aliphatic heterocycles. The highest BCUT2D eigenvalue weighted by Gasteiger charge is 2.28. The van der Waals surface area contributed by atoms with E-state index in [9.17, 15) is 4.79 Å². The molecule has 0 radical (unpaired) electrons. The zero-order chi connectivity index (χ0) is 14.3. The Balaban J connectivity index is 0.00000361. The molecule has 0 saturated heterocycles. The van der Waals surface area contributed by atoms with Crippen molar-refractivity contribution in [2.75, 3.05) is 13.6 Å². The van der Waals surface area contributed by atoms with Crippen LogP contribution in [0.5, 0.6) is 0 Å². The van der Waals surface area contributed by atoms with E-state index in [1.54, 1.807) is 0 Å². The van der Waals surface area contributed by atoms with Gasteiger partial charge < -0.3 is 10.6 Å². The van der Waals surface area contributed by atoms with E-state index < -0.39 is 0 Å². The molecule has 0 bridgehead atoms. The van der Waals surface area contributed by atoms with Gasteiger partial charge in [-0.25, -0.2) is 0 Å². The van der Waals surface area contributed by atoms with Gasteiger partial charge in [0.15, 0.2) is 0 Å². The Morgan fingerprint density at radius 1 is 1.25 bits per heavy atom. The van der Waals surface area contributed by atoms with E-state index in [1.807, 2.05) is 25.2 Å². The number of carbonyl (C=O) groups is 1. The van der Waals surface area contributed by atoms with E-state index in [-0.39, 0.29) is 29.8 Å². The third kappa shape index (κ3) is 5.51. The quantitative estimate of drug-likeness (QED) is 0.760. The first-order valence-corrected chi connectivity index (χ1v) is 6.98. The highest BCUT2D eigenvalue weighted by atomic mass is 35.5. The molecule has 4 heteroatoms. The zero-order valence-corrected chi connectivity index (χ0v) is 13.7. The molecule has 114 valence electrons. The molecule has 0 spiro atoms. The first-order valence-electron chi connectivity index (χ1n) is 6.98. The van der Waals surface area contributed by atoms with Crippen molar-refractivity contribution in [1.82, 2.24) is 10.6 Å². The van der Waals surface area contributed by atoms with Gasteiger partial charge in [0, 0.05) is 17.9 Å². The normalized spacial score (nSPS) is 12.4. The number of halogens is 1. The van der Waals surface area contributed by atoms with Crippen LogP contribution >= 0.6 is 12.4 Å². The van der Waals surface area contributed by atoms with Crippen molar-refractivity contribution in [3.63, 3.8) is 0 Å². The minimum Gasteiger partial charge on any atom is -0.353 e. The maximum Gasteiger partial charge on any atom is 0.220 e. The number of hydrogen-bond acceptors (Lipinski definition) is 2. The molecular formula is C16H27ClN2O. The maximum absolute atomic E-state index is 11.9. The molecule has 1 aromatic rings. The van der Waals surface area contributed by atoms with Crippen LogP contribution in [-0.4, -0.2) is 25.5 Å². The predicted octanol–water partition coefficient (Wildman–Crippen LogP) is 2.89.